The van der Waals surface area contributed by atoms with Crippen molar-refractivity contribution in [3.8, 4) is 0 Å². The molecule has 5 nitrogen and oxygen atoms in total. The highest BCUT2D eigenvalue weighted by atomic mass is 35.5. The summed E-state index contributed by atoms with van der Waals surface area (Å²) in [6.07, 6.45) is 2.97. The first kappa shape index (κ1) is 14.3. The normalized spacial score (nSPS) is 11.6. The summed E-state index contributed by atoms with van der Waals surface area (Å²) in [7, 11) is 3.68. The van der Waals surface area contributed by atoms with Crippen molar-refractivity contribution in [1.29, 1.82) is 0 Å². The third-order valence-corrected chi connectivity index (χ3v) is 3.45. The molecule has 0 aromatic carbocycles. The summed E-state index contributed by atoms with van der Waals surface area (Å²) in [6.45, 7) is 3.75. The Hall–Kier alpha value is -1.07. The third-order valence-electron chi connectivity index (χ3n) is 3.21. The van der Waals surface area contributed by atoms with E-state index in [-0.39, 0.29) is 0 Å². The van der Waals surface area contributed by atoms with Crippen molar-refractivity contribution in [2.75, 3.05) is 13.7 Å². The lowest BCUT2D eigenvalue weighted by Crippen LogP contribution is -2.08. The maximum Gasteiger partial charge on any atom is 0.158 e. The zero-order chi connectivity index (χ0) is 13.8. The Kier molecular flexibility index (Phi) is 4.82. The fraction of sp³-hybridized carbons (Fsp3) is 0.692. The summed E-state index contributed by atoms with van der Waals surface area (Å²) in [6, 6.07) is 0. The maximum absolute atomic E-state index is 6.01. The average Bonchev–Trinajstić information content (AvgIpc) is 2.90. The van der Waals surface area contributed by atoms with E-state index >= 15 is 0 Å². The van der Waals surface area contributed by atoms with Gasteiger partial charge in [0.1, 0.15) is 11.3 Å². The van der Waals surface area contributed by atoms with Crippen LogP contribution in [0.4, 0.5) is 0 Å². The van der Waals surface area contributed by atoms with Crippen LogP contribution < -0.4 is 0 Å². The van der Waals surface area contributed by atoms with Crippen molar-refractivity contribution >= 4 is 22.8 Å². The summed E-state index contributed by atoms with van der Waals surface area (Å²) in [5.74, 6) is 1.34. The second kappa shape index (κ2) is 6.39. The molecule has 0 aliphatic rings. The van der Waals surface area contributed by atoms with E-state index in [4.69, 9.17) is 16.3 Å². The Morgan fingerprint density at radius 2 is 2.16 bits per heavy atom. The molecule has 2 rings (SSSR count). The standard InChI is InChI=1S/C13H21ClN4O/c1-4-6-10-12-13(17(2)16-10)18(7-5-8-19-3)11(9-14)15-12/h4-9H2,1-3H3. The average molecular weight is 285 g/mol. The van der Waals surface area contributed by atoms with Crippen LogP contribution in [0.5, 0.6) is 0 Å². The second-order valence-corrected chi connectivity index (χ2v) is 4.92. The Morgan fingerprint density at radius 1 is 1.37 bits per heavy atom. The molecular weight excluding hydrogens is 264 g/mol. The summed E-state index contributed by atoms with van der Waals surface area (Å²) >= 11 is 6.01. The Labute approximate surface area is 118 Å². The molecule has 0 saturated carbocycles. The fourth-order valence-corrected chi connectivity index (χ4v) is 2.60. The summed E-state index contributed by atoms with van der Waals surface area (Å²) in [5, 5.41) is 4.56. The number of methoxy groups -OCH3 is 1. The lowest BCUT2D eigenvalue weighted by Gasteiger charge is -2.07. The third kappa shape index (κ3) is 2.77. The number of fused-ring (bicyclic) bond motifs is 1. The second-order valence-electron chi connectivity index (χ2n) is 4.65. The van der Waals surface area contributed by atoms with Gasteiger partial charge in [-0.1, -0.05) is 13.3 Å². The molecule has 0 amide bonds. The molecule has 2 aromatic rings. The molecule has 0 radical (unpaired) electrons. The van der Waals surface area contributed by atoms with Gasteiger partial charge in [0.2, 0.25) is 0 Å². The van der Waals surface area contributed by atoms with Gasteiger partial charge in [-0.2, -0.15) is 5.10 Å². The zero-order valence-electron chi connectivity index (χ0n) is 11.8. The highest BCUT2D eigenvalue weighted by molar-refractivity contribution is 6.16. The van der Waals surface area contributed by atoms with Crippen LogP contribution in [-0.4, -0.2) is 33.0 Å². The minimum absolute atomic E-state index is 0.424. The molecule has 6 heteroatoms. The minimum Gasteiger partial charge on any atom is -0.385 e. The van der Waals surface area contributed by atoms with Crippen molar-refractivity contribution in [2.24, 2.45) is 7.05 Å². The minimum atomic E-state index is 0.424. The van der Waals surface area contributed by atoms with E-state index in [2.05, 4.69) is 21.6 Å². The number of rotatable bonds is 7. The van der Waals surface area contributed by atoms with Gasteiger partial charge in [-0.25, -0.2) is 4.98 Å². The quantitative estimate of drug-likeness (QED) is 0.580. The van der Waals surface area contributed by atoms with E-state index in [1.54, 1.807) is 7.11 Å². The van der Waals surface area contributed by atoms with Crippen LogP contribution >= 0.6 is 11.6 Å². The fourth-order valence-electron chi connectivity index (χ4n) is 2.40. The van der Waals surface area contributed by atoms with Gasteiger partial charge in [-0.3, -0.25) is 4.68 Å². The summed E-state index contributed by atoms with van der Waals surface area (Å²) < 4.78 is 9.18. The molecule has 0 N–H and O–H groups in total. The lowest BCUT2D eigenvalue weighted by molar-refractivity contribution is 0.190. The smallest absolute Gasteiger partial charge is 0.158 e. The highest BCUT2D eigenvalue weighted by Gasteiger charge is 2.17. The van der Waals surface area contributed by atoms with E-state index in [9.17, 15) is 0 Å². The molecule has 0 atom stereocenters. The largest absolute Gasteiger partial charge is 0.385 e. The molecule has 19 heavy (non-hydrogen) atoms. The SMILES string of the molecule is CCCc1nn(C)c2c1nc(CCl)n2CCCOC. The van der Waals surface area contributed by atoms with Crippen molar-refractivity contribution < 1.29 is 4.74 Å². The van der Waals surface area contributed by atoms with Crippen LogP contribution in [-0.2, 0) is 30.6 Å². The molecule has 106 valence electrons. The number of imidazole rings is 1. The van der Waals surface area contributed by atoms with Gasteiger partial charge in [0.15, 0.2) is 5.65 Å². The molecule has 0 spiro atoms. The number of alkyl halides is 1. The predicted octanol–water partition coefficient (Wildman–Crippen LogP) is 2.50. The van der Waals surface area contributed by atoms with E-state index < -0.39 is 0 Å². The van der Waals surface area contributed by atoms with Gasteiger partial charge in [0.05, 0.1) is 11.6 Å². The monoisotopic (exact) mass is 284 g/mol. The molecular formula is C13H21ClN4O. The molecule has 2 heterocycles. The molecule has 0 aliphatic carbocycles. The Bertz CT molecular complexity index is 546. The first-order valence-electron chi connectivity index (χ1n) is 6.68. The van der Waals surface area contributed by atoms with Crippen LogP contribution in [0.1, 0.15) is 31.3 Å². The molecule has 2 aromatic heterocycles. The van der Waals surface area contributed by atoms with Gasteiger partial charge < -0.3 is 9.30 Å². The predicted molar refractivity (Wildman–Crippen MR) is 76.5 cm³/mol. The summed E-state index contributed by atoms with van der Waals surface area (Å²) in [4.78, 5) is 4.66. The number of nitrogens with zero attached hydrogens (tertiary/aromatic N) is 4. The Morgan fingerprint density at radius 3 is 2.79 bits per heavy atom. The van der Waals surface area contributed by atoms with Gasteiger partial charge in [0, 0.05) is 27.3 Å². The number of aromatic nitrogens is 4. The molecule has 0 saturated heterocycles. The van der Waals surface area contributed by atoms with Gasteiger partial charge >= 0.3 is 0 Å². The van der Waals surface area contributed by atoms with Crippen LogP contribution in [0.25, 0.3) is 11.2 Å². The summed E-state index contributed by atoms with van der Waals surface area (Å²) in [5.41, 5.74) is 3.13. The molecule has 0 fully saturated rings. The maximum atomic E-state index is 6.01. The van der Waals surface area contributed by atoms with Crippen molar-refractivity contribution in [2.45, 2.75) is 38.6 Å². The van der Waals surface area contributed by atoms with Gasteiger partial charge in [0.25, 0.3) is 0 Å². The number of ether oxygens (including phenoxy) is 1. The van der Waals surface area contributed by atoms with Crippen LogP contribution in [0.2, 0.25) is 0 Å². The van der Waals surface area contributed by atoms with Gasteiger partial charge in [-0.05, 0) is 12.8 Å². The lowest BCUT2D eigenvalue weighted by atomic mass is 10.2. The van der Waals surface area contributed by atoms with Crippen molar-refractivity contribution in [3.63, 3.8) is 0 Å². The number of hydrogen-bond donors (Lipinski definition) is 0. The molecule has 0 bridgehead atoms. The van der Waals surface area contributed by atoms with E-state index in [0.717, 1.165) is 55.1 Å². The highest BCUT2D eigenvalue weighted by Crippen LogP contribution is 2.22. The molecule has 0 aliphatic heterocycles. The number of hydrogen-bond acceptors (Lipinski definition) is 3. The van der Waals surface area contributed by atoms with E-state index in [1.165, 1.54) is 0 Å². The van der Waals surface area contributed by atoms with Crippen molar-refractivity contribution in [1.82, 2.24) is 19.3 Å². The van der Waals surface area contributed by atoms with E-state index in [1.807, 2.05) is 11.7 Å². The van der Waals surface area contributed by atoms with Crippen molar-refractivity contribution in [3.05, 3.63) is 11.5 Å². The van der Waals surface area contributed by atoms with Crippen LogP contribution in [0, 0.1) is 0 Å². The zero-order valence-corrected chi connectivity index (χ0v) is 12.6. The van der Waals surface area contributed by atoms with E-state index in [0.29, 0.717) is 5.88 Å². The topological polar surface area (TPSA) is 44.9 Å². The molecule has 0 unspecified atom stereocenters. The van der Waals surface area contributed by atoms with Gasteiger partial charge in [-0.15, -0.1) is 11.6 Å². The first-order valence-corrected chi connectivity index (χ1v) is 7.22. The number of aryl methyl sites for hydroxylation is 3. The van der Waals surface area contributed by atoms with Crippen LogP contribution in [0.15, 0.2) is 0 Å². The number of halogens is 1. The Balaban J connectivity index is 2.41. The van der Waals surface area contributed by atoms with Crippen LogP contribution in [0.3, 0.4) is 0 Å². The first-order chi connectivity index (χ1) is 9.22.